The highest BCUT2D eigenvalue weighted by Crippen LogP contribution is 2.27. The fraction of sp³-hybridized carbons (Fsp3) is 0.344. The van der Waals surface area contributed by atoms with Crippen molar-refractivity contribution in [2.45, 2.75) is 210 Å². The molecule has 616 valence electrons. The monoisotopic (exact) mass is 1600 g/mol. The van der Waals surface area contributed by atoms with Crippen molar-refractivity contribution in [2.75, 3.05) is 26.6 Å². The molecule has 0 saturated heterocycles. The fourth-order valence-corrected chi connectivity index (χ4v) is 13.6. The van der Waals surface area contributed by atoms with Gasteiger partial charge in [0, 0.05) is 87.2 Å². The number of fused-ring (bicyclic) bond motifs is 5. The van der Waals surface area contributed by atoms with Crippen LogP contribution in [0.3, 0.4) is 0 Å². The Labute approximate surface area is 697 Å². The van der Waals surface area contributed by atoms with E-state index in [0.29, 0.717) is 35.5 Å². The zero-order valence-electron chi connectivity index (χ0n) is 70.3. The molecule has 10 aromatic heterocycles. The van der Waals surface area contributed by atoms with Crippen LogP contribution in [-0.2, 0) is 32.3 Å². The van der Waals surface area contributed by atoms with E-state index in [1.165, 1.54) is 169 Å². The van der Waals surface area contributed by atoms with E-state index >= 15 is 0 Å². The predicted molar refractivity (Wildman–Crippen MR) is 478 cm³/mol. The largest absolute Gasteiger partial charge is 0.489 e. The molecule has 0 amide bonds. The number of hydrogen-bond acceptors (Lipinski definition) is 21. The van der Waals surface area contributed by atoms with Crippen molar-refractivity contribution in [2.24, 2.45) is 0 Å². The van der Waals surface area contributed by atoms with Crippen LogP contribution in [0, 0.1) is 34.6 Å². The van der Waals surface area contributed by atoms with Gasteiger partial charge < -0.3 is 31.3 Å². The van der Waals surface area contributed by atoms with Gasteiger partial charge in [-0.3, -0.25) is 0 Å². The highest BCUT2D eigenvalue weighted by molar-refractivity contribution is 5.64. The van der Waals surface area contributed by atoms with Crippen LogP contribution in [0.25, 0.3) is 28.9 Å². The second-order valence-corrected chi connectivity index (χ2v) is 29.9. The number of nitrogens with zero attached hydrogens (tertiary/aromatic N) is 20. The molecule has 0 aliphatic rings. The van der Waals surface area contributed by atoms with E-state index in [2.05, 4.69) is 227 Å². The van der Waals surface area contributed by atoms with Crippen molar-refractivity contribution in [3.05, 3.63) is 270 Å². The van der Waals surface area contributed by atoms with Gasteiger partial charge in [-0.25, -0.2) is 24.9 Å². The van der Waals surface area contributed by atoms with Gasteiger partial charge in [0.2, 0.25) is 0 Å². The lowest BCUT2D eigenvalue weighted by Crippen LogP contribution is -2.02. The van der Waals surface area contributed by atoms with Gasteiger partial charge in [0.15, 0.2) is 0 Å². The summed E-state index contributed by atoms with van der Waals surface area (Å²) in [5.74, 6) is 8.17. The number of aryl methyl sites for hydroxylation is 9. The number of nitrogens with one attached hydrogen (secondary N) is 5. The SMILES string of the molecule is CCCCCCCCc1ccc(Nc2cc(C)nc3ncnn23)cc1.CCCCCCCc1ccc(Nc2cc(C)nc3ncnn23)cc1.CCCCCCc1ccc(Nc2cc(C)nc3ncnn23)cc1.CCCCCc1ccc(Nc2cc(C)nc3ncnn23)cc1.Cc1cc(Nc2ccc(OCc3ccccc3)cc2)n2ncnc2n1. The number of ether oxygens (including phenoxy) is 1. The zero-order valence-corrected chi connectivity index (χ0v) is 70.3. The van der Waals surface area contributed by atoms with Crippen molar-refractivity contribution >= 4 is 86.4 Å². The molecule has 0 fully saturated rings. The Hall–Kier alpha value is -13.1. The zero-order chi connectivity index (χ0) is 82.8. The Morgan fingerprint density at radius 2 is 0.479 bits per heavy atom. The van der Waals surface area contributed by atoms with Crippen molar-refractivity contribution in [1.29, 1.82) is 0 Å². The van der Waals surface area contributed by atoms with Gasteiger partial charge in [-0.1, -0.05) is 196 Å². The minimum absolute atomic E-state index is 0.552. The van der Waals surface area contributed by atoms with Gasteiger partial charge >= 0.3 is 0 Å². The number of hydrogen-bond donors (Lipinski definition) is 5. The molecule has 16 aromatic rings. The summed E-state index contributed by atoms with van der Waals surface area (Å²) in [4.78, 5) is 42.5. The van der Waals surface area contributed by atoms with E-state index in [9.17, 15) is 0 Å². The van der Waals surface area contributed by atoms with Crippen molar-refractivity contribution in [3.8, 4) is 5.75 Å². The molecular weight excluding hydrogens is 1480 g/mol. The van der Waals surface area contributed by atoms with E-state index < -0.39 is 0 Å². The van der Waals surface area contributed by atoms with E-state index in [1.807, 2.05) is 120 Å². The number of aromatic nitrogens is 20. The molecular formula is C93H113N25O. The highest BCUT2D eigenvalue weighted by atomic mass is 16.5. The van der Waals surface area contributed by atoms with Crippen molar-refractivity contribution in [3.63, 3.8) is 0 Å². The molecule has 10 heterocycles. The average molecular weight is 1600 g/mol. The first-order chi connectivity index (χ1) is 58.3. The molecule has 119 heavy (non-hydrogen) atoms. The summed E-state index contributed by atoms with van der Waals surface area (Å²) in [6.45, 7) is 19.3. The highest BCUT2D eigenvalue weighted by Gasteiger charge is 2.13. The summed E-state index contributed by atoms with van der Waals surface area (Å²) in [7, 11) is 0. The topological polar surface area (TPSA) is 285 Å². The van der Waals surface area contributed by atoms with Crippen molar-refractivity contribution < 1.29 is 4.74 Å². The maximum atomic E-state index is 5.81. The second-order valence-electron chi connectivity index (χ2n) is 29.9. The van der Waals surface area contributed by atoms with Crippen molar-refractivity contribution in [1.82, 2.24) is 97.9 Å². The molecule has 0 radical (unpaired) electrons. The molecule has 16 rings (SSSR count). The third kappa shape index (κ3) is 26.2. The van der Waals surface area contributed by atoms with Gasteiger partial charge in [-0.15, -0.1) is 0 Å². The minimum Gasteiger partial charge on any atom is -0.489 e. The van der Waals surface area contributed by atoms with E-state index in [1.54, 1.807) is 22.6 Å². The van der Waals surface area contributed by atoms with Crippen LogP contribution in [-0.4, -0.2) is 97.9 Å². The first kappa shape index (κ1) is 85.2. The average Bonchev–Trinajstić information content (AvgIpc) is 1.74. The summed E-state index contributed by atoms with van der Waals surface area (Å²) in [5.41, 5.74) is 16.4. The summed E-state index contributed by atoms with van der Waals surface area (Å²) in [6, 6.07) is 62.3. The van der Waals surface area contributed by atoms with E-state index in [0.717, 1.165) is 123 Å². The molecule has 0 saturated carbocycles. The number of anilines is 10. The normalized spacial score (nSPS) is 11.0. The molecule has 26 heteroatoms. The molecule has 0 atom stereocenters. The van der Waals surface area contributed by atoms with Crippen LogP contribution in [0.2, 0.25) is 0 Å². The van der Waals surface area contributed by atoms with Crippen LogP contribution in [0.5, 0.6) is 5.75 Å². The Kier molecular flexibility index (Phi) is 32.1. The van der Waals surface area contributed by atoms with Crippen LogP contribution in [0.4, 0.5) is 57.5 Å². The first-order valence-corrected chi connectivity index (χ1v) is 42.2. The Morgan fingerprint density at radius 1 is 0.252 bits per heavy atom. The number of rotatable bonds is 35. The summed E-state index contributed by atoms with van der Waals surface area (Å²) in [6.07, 6.45) is 35.8. The van der Waals surface area contributed by atoms with Gasteiger partial charge in [0.1, 0.15) is 73.1 Å². The second kappa shape index (κ2) is 44.8. The summed E-state index contributed by atoms with van der Waals surface area (Å²) >= 11 is 0. The number of benzene rings is 6. The summed E-state index contributed by atoms with van der Waals surface area (Å²) in [5, 5.41) is 38.0. The number of unbranched alkanes of at least 4 members (excludes halogenated alkanes) is 14. The molecule has 0 aliphatic carbocycles. The van der Waals surface area contributed by atoms with E-state index in [4.69, 9.17) is 4.74 Å². The summed E-state index contributed by atoms with van der Waals surface area (Å²) < 4.78 is 14.3. The molecule has 0 unspecified atom stereocenters. The lowest BCUT2D eigenvalue weighted by Gasteiger charge is -2.10. The smallest absolute Gasteiger partial charge is 0.254 e. The maximum absolute atomic E-state index is 5.81. The molecule has 0 aliphatic heterocycles. The molecule has 6 aromatic carbocycles. The predicted octanol–water partition coefficient (Wildman–Crippen LogP) is 21.7. The molecule has 26 nitrogen and oxygen atoms in total. The Balaban J connectivity index is 0.000000137. The Morgan fingerprint density at radius 3 is 0.748 bits per heavy atom. The van der Waals surface area contributed by atoms with E-state index in [-0.39, 0.29) is 0 Å². The third-order valence-corrected chi connectivity index (χ3v) is 20.0. The van der Waals surface area contributed by atoms with Gasteiger partial charge in [0.25, 0.3) is 28.9 Å². The standard InChI is InChI=1S/C20H27N5.C19H17N5O.C19H25N5.C18H23N5.C17H21N5/c1-3-4-5-6-7-8-9-17-10-12-18(13-11-17)24-19-14-16(2)23-20-21-15-22-25(19)20;1-14-11-18(24-19(22-14)20-13-21-24)23-16-7-9-17(10-8-16)25-12-15-5-3-2-4-6-15;1-3-4-5-6-7-8-16-9-11-17(12-10-16)23-18-13-15(2)22-19-20-14-21-24(18)19;1-3-4-5-6-7-15-8-10-16(11-9-15)22-17-12-14(2)21-18-19-13-20-23(17)18;1-3-4-5-6-14-7-9-15(10-8-14)21-16-11-13(2)20-17-18-12-19-22(16)17/h10-15,24H,3-9H2,1-2H3;2-11,13,23H,12H2,1H3;9-14,23H,3-8H2,1-2H3;8-13,22H,3-7H2,1-2H3;7-12,21H,3-6H2,1-2H3. The van der Waals surface area contributed by atoms with Crippen LogP contribution >= 0.6 is 0 Å². The first-order valence-electron chi connectivity index (χ1n) is 42.2. The van der Waals surface area contributed by atoms with Gasteiger partial charge in [-0.2, -0.15) is 73.0 Å². The van der Waals surface area contributed by atoms with Crippen LogP contribution in [0.15, 0.2) is 214 Å². The lowest BCUT2D eigenvalue weighted by molar-refractivity contribution is 0.306. The Bertz CT molecular complexity index is 5680. The van der Waals surface area contributed by atoms with Gasteiger partial charge in [0.05, 0.1) is 0 Å². The molecule has 0 spiro atoms. The minimum atomic E-state index is 0.552. The molecule has 5 N–H and O–H groups in total. The molecule has 0 bridgehead atoms. The fourth-order valence-electron chi connectivity index (χ4n) is 13.6. The van der Waals surface area contributed by atoms with Gasteiger partial charge in [-0.05, 0) is 187 Å². The van der Waals surface area contributed by atoms with Crippen LogP contribution in [0.1, 0.15) is 200 Å². The quantitative estimate of drug-likeness (QED) is 0.0231. The third-order valence-electron chi connectivity index (χ3n) is 20.0. The van der Waals surface area contributed by atoms with Crippen LogP contribution < -0.4 is 31.3 Å². The maximum Gasteiger partial charge on any atom is 0.254 e. The lowest BCUT2D eigenvalue weighted by atomic mass is 10.0.